The van der Waals surface area contributed by atoms with Crippen molar-refractivity contribution in [2.75, 3.05) is 19.6 Å². The van der Waals surface area contributed by atoms with E-state index < -0.39 is 0 Å². The van der Waals surface area contributed by atoms with Crippen LogP contribution in [0.25, 0.3) is 0 Å². The van der Waals surface area contributed by atoms with Crippen molar-refractivity contribution >= 4 is 33.4 Å². The zero-order valence-electron chi connectivity index (χ0n) is 9.54. The van der Waals surface area contributed by atoms with Crippen molar-refractivity contribution in [3.63, 3.8) is 0 Å². The topological polar surface area (TPSA) is 32.3 Å². The van der Waals surface area contributed by atoms with Gasteiger partial charge < -0.3 is 10.2 Å². The Bertz CT molecular complexity index is 439. The SMILES string of the molecule is C[C@H]1CNCCN1C(=O)c1cccc(Br)c1Cl. The van der Waals surface area contributed by atoms with E-state index in [9.17, 15) is 4.79 Å². The summed E-state index contributed by atoms with van der Waals surface area (Å²) in [4.78, 5) is 14.2. The molecule has 5 heteroatoms. The van der Waals surface area contributed by atoms with Gasteiger partial charge in [0.25, 0.3) is 5.91 Å². The van der Waals surface area contributed by atoms with Gasteiger partial charge in [-0.05, 0) is 35.0 Å². The second-order valence-electron chi connectivity index (χ2n) is 4.15. The van der Waals surface area contributed by atoms with Crippen molar-refractivity contribution < 1.29 is 4.79 Å². The lowest BCUT2D eigenvalue weighted by Gasteiger charge is -2.34. The summed E-state index contributed by atoms with van der Waals surface area (Å²) in [5.41, 5.74) is 0.565. The molecule has 1 aromatic carbocycles. The maximum absolute atomic E-state index is 12.4. The first kappa shape index (κ1) is 12.9. The van der Waals surface area contributed by atoms with Crippen LogP contribution in [0.5, 0.6) is 0 Å². The molecule has 0 radical (unpaired) electrons. The van der Waals surface area contributed by atoms with Crippen LogP contribution in [0.4, 0.5) is 0 Å². The summed E-state index contributed by atoms with van der Waals surface area (Å²) in [5.74, 6) is 0.00491. The smallest absolute Gasteiger partial charge is 0.255 e. The zero-order valence-corrected chi connectivity index (χ0v) is 11.9. The first-order chi connectivity index (χ1) is 8.11. The lowest BCUT2D eigenvalue weighted by Crippen LogP contribution is -2.52. The van der Waals surface area contributed by atoms with Crippen LogP contribution in [-0.2, 0) is 0 Å². The van der Waals surface area contributed by atoms with E-state index in [-0.39, 0.29) is 11.9 Å². The Morgan fingerprint density at radius 3 is 3.06 bits per heavy atom. The highest BCUT2D eigenvalue weighted by Gasteiger charge is 2.25. The van der Waals surface area contributed by atoms with Crippen molar-refractivity contribution in [2.45, 2.75) is 13.0 Å². The van der Waals surface area contributed by atoms with Crippen LogP contribution >= 0.6 is 27.5 Å². The molecule has 0 saturated carbocycles. The highest BCUT2D eigenvalue weighted by molar-refractivity contribution is 9.10. The van der Waals surface area contributed by atoms with Gasteiger partial charge in [-0.15, -0.1) is 0 Å². The van der Waals surface area contributed by atoms with Gasteiger partial charge >= 0.3 is 0 Å². The number of rotatable bonds is 1. The Morgan fingerprint density at radius 1 is 1.59 bits per heavy atom. The van der Waals surface area contributed by atoms with Gasteiger partial charge in [0.2, 0.25) is 0 Å². The third-order valence-electron chi connectivity index (χ3n) is 2.94. The largest absolute Gasteiger partial charge is 0.333 e. The fourth-order valence-electron chi connectivity index (χ4n) is 1.97. The summed E-state index contributed by atoms with van der Waals surface area (Å²) in [5, 5.41) is 3.75. The monoisotopic (exact) mass is 316 g/mol. The first-order valence-electron chi connectivity index (χ1n) is 5.57. The van der Waals surface area contributed by atoms with E-state index in [0.717, 1.165) is 24.1 Å². The van der Waals surface area contributed by atoms with E-state index in [0.29, 0.717) is 10.6 Å². The molecular formula is C12H14BrClN2O. The molecule has 1 aliphatic rings. The van der Waals surface area contributed by atoms with E-state index in [1.807, 2.05) is 24.0 Å². The normalized spacial score (nSPS) is 20.4. The zero-order chi connectivity index (χ0) is 12.4. The maximum Gasteiger partial charge on any atom is 0.255 e. The fraction of sp³-hybridized carbons (Fsp3) is 0.417. The molecule has 2 rings (SSSR count). The Hall–Kier alpha value is -0.580. The molecule has 1 aliphatic heterocycles. The van der Waals surface area contributed by atoms with Crippen LogP contribution in [-0.4, -0.2) is 36.5 Å². The van der Waals surface area contributed by atoms with E-state index in [2.05, 4.69) is 21.2 Å². The third kappa shape index (κ3) is 2.64. The van der Waals surface area contributed by atoms with Gasteiger partial charge in [0.05, 0.1) is 10.6 Å². The lowest BCUT2D eigenvalue weighted by molar-refractivity contribution is 0.0656. The van der Waals surface area contributed by atoms with E-state index in [1.54, 1.807) is 6.07 Å². The number of carbonyl (C=O) groups is 1. The molecule has 0 aliphatic carbocycles. The number of hydrogen-bond donors (Lipinski definition) is 1. The van der Waals surface area contributed by atoms with Crippen LogP contribution in [0.1, 0.15) is 17.3 Å². The predicted molar refractivity (Wildman–Crippen MR) is 72.5 cm³/mol. The molecule has 17 heavy (non-hydrogen) atoms. The van der Waals surface area contributed by atoms with E-state index in [4.69, 9.17) is 11.6 Å². The number of carbonyl (C=O) groups excluding carboxylic acids is 1. The number of amides is 1. The Morgan fingerprint density at radius 2 is 2.35 bits per heavy atom. The molecule has 1 heterocycles. The van der Waals surface area contributed by atoms with Crippen LogP contribution in [0.3, 0.4) is 0 Å². The second kappa shape index (κ2) is 5.38. The van der Waals surface area contributed by atoms with Crippen molar-refractivity contribution in [3.05, 3.63) is 33.3 Å². The summed E-state index contributed by atoms with van der Waals surface area (Å²) in [6, 6.07) is 5.63. The molecule has 0 bridgehead atoms. The van der Waals surface area contributed by atoms with E-state index >= 15 is 0 Å². The minimum absolute atomic E-state index is 0.00491. The lowest BCUT2D eigenvalue weighted by atomic mass is 10.1. The quantitative estimate of drug-likeness (QED) is 0.863. The van der Waals surface area contributed by atoms with Gasteiger partial charge in [-0.3, -0.25) is 4.79 Å². The minimum atomic E-state index is 0.00491. The second-order valence-corrected chi connectivity index (χ2v) is 5.39. The van der Waals surface area contributed by atoms with Crippen LogP contribution < -0.4 is 5.32 Å². The van der Waals surface area contributed by atoms with Crippen molar-refractivity contribution in [2.24, 2.45) is 0 Å². The van der Waals surface area contributed by atoms with Gasteiger partial charge in [-0.1, -0.05) is 17.7 Å². The maximum atomic E-state index is 12.4. The van der Waals surface area contributed by atoms with Gasteiger partial charge in [0, 0.05) is 30.1 Å². The van der Waals surface area contributed by atoms with Crippen molar-refractivity contribution in [3.8, 4) is 0 Å². The third-order valence-corrected chi connectivity index (χ3v) is 4.24. The molecule has 1 amide bonds. The molecule has 1 fully saturated rings. The Labute approximate surface area is 114 Å². The standard InChI is InChI=1S/C12H14BrClN2O/c1-8-7-15-5-6-16(8)12(17)9-3-2-4-10(13)11(9)14/h2-4,8,15H,5-7H2,1H3/t8-/m0/s1. The molecule has 0 unspecified atom stereocenters. The summed E-state index contributed by atoms with van der Waals surface area (Å²) >= 11 is 9.48. The average molecular weight is 318 g/mol. The number of hydrogen-bond acceptors (Lipinski definition) is 2. The fourth-order valence-corrected chi connectivity index (χ4v) is 2.54. The van der Waals surface area contributed by atoms with Crippen LogP contribution in [0.2, 0.25) is 5.02 Å². The van der Waals surface area contributed by atoms with Crippen molar-refractivity contribution in [1.82, 2.24) is 10.2 Å². The number of halogens is 2. The summed E-state index contributed by atoms with van der Waals surface area (Å²) in [6.07, 6.45) is 0. The van der Waals surface area contributed by atoms with Crippen LogP contribution in [0.15, 0.2) is 22.7 Å². The summed E-state index contributed by atoms with van der Waals surface area (Å²) in [7, 11) is 0. The van der Waals surface area contributed by atoms with Gasteiger partial charge in [-0.25, -0.2) is 0 Å². The Balaban J connectivity index is 2.27. The molecular weight excluding hydrogens is 304 g/mol. The van der Waals surface area contributed by atoms with Gasteiger partial charge in [0.15, 0.2) is 0 Å². The molecule has 0 aromatic heterocycles. The summed E-state index contributed by atoms with van der Waals surface area (Å²) in [6.45, 7) is 4.43. The predicted octanol–water partition coefficient (Wildman–Crippen LogP) is 2.54. The molecule has 1 aromatic rings. The number of piperazine rings is 1. The minimum Gasteiger partial charge on any atom is -0.333 e. The molecule has 1 saturated heterocycles. The molecule has 3 nitrogen and oxygen atoms in total. The molecule has 1 atom stereocenters. The van der Waals surface area contributed by atoms with Gasteiger partial charge in [-0.2, -0.15) is 0 Å². The molecule has 0 spiro atoms. The average Bonchev–Trinajstić information content (AvgIpc) is 2.32. The number of nitrogens with one attached hydrogen (secondary N) is 1. The van der Waals surface area contributed by atoms with E-state index in [1.165, 1.54) is 0 Å². The molecule has 1 N–H and O–H groups in total. The summed E-state index contributed by atoms with van der Waals surface area (Å²) < 4.78 is 0.757. The number of benzene rings is 1. The highest BCUT2D eigenvalue weighted by Crippen LogP contribution is 2.27. The first-order valence-corrected chi connectivity index (χ1v) is 6.74. The Kier molecular flexibility index (Phi) is 4.07. The van der Waals surface area contributed by atoms with Gasteiger partial charge in [0.1, 0.15) is 0 Å². The highest BCUT2D eigenvalue weighted by atomic mass is 79.9. The van der Waals surface area contributed by atoms with Crippen molar-refractivity contribution in [1.29, 1.82) is 0 Å². The molecule has 92 valence electrons. The van der Waals surface area contributed by atoms with Crippen LogP contribution in [0, 0.1) is 0 Å². The number of nitrogens with zero attached hydrogens (tertiary/aromatic N) is 1.